The normalized spacial score (nSPS) is 12.7. The van der Waals surface area contributed by atoms with Gasteiger partial charge in [0.25, 0.3) is 0 Å². The van der Waals surface area contributed by atoms with Gasteiger partial charge in [0.2, 0.25) is 0 Å². The Morgan fingerprint density at radius 2 is 2.00 bits per heavy atom. The molecule has 0 aliphatic carbocycles. The van der Waals surface area contributed by atoms with Gasteiger partial charge in [-0.1, -0.05) is 37.8 Å². The number of aliphatic hydroxyl groups excluding tert-OH is 1. The summed E-state index contributed by atoms with van der Waals surface area (Å²) in [5, 5.41) is 20.0. The quantitative estimate of drug-likeness (QED) is 0.699. The Morgan fingerprint density at radius 3 is 2.58 bits per heavy atom. The fourth-order valence-corrected chi connectivity index (χ4v) is 1.80. The number of hydrogen-bond donors (Lipinski definition) is 3. The van der Waals surface area contributed by atoms with Crippen LogP contribution in [0.5, 0.6) is 0 Å². The molecule has 3 nitrogen and oxygen atoms in total. The van der Waals surface area contributed by atoms with E-state index in [1.54, 1.807) is 0 Å². The van der Waals surface area contributed by atoms with Gasteiger partial charge >= 0.3 is 0 Å². The van der Waals surface area contributed by atoms with Crippen LogP contribution in [0.1, 0.15) is 50.3 Å². The van der Waals surface area contributed by atoms with E-state index >= 15 is 0 Å². The lowest BCUT2D eigenvalue weighted by Gasteiger charge is -2.17. The third-order valence-electron chi connectivity index (χ3n) is 3.36. The SMILES string of the molecule is CCC(O)(C#Cc1cccc(C(O)CC[NH3+])c1)CC. The zero-order valence-electron chi connectivity index (χ0n) is 11.8. The van der Waals surface area contributed by atoms with E-state index in [4.69, 9.17) is 0 Å². The lowest BCUT2D eigenvalue weighted by atomic mass is 9.97. The molecule has 0 aliphatic heterocycles. The van der Waals surface area contributed by atoms with E-state index in [-0.39, 0.29) is 0 Å². The summed E-state index contributed by atoms with van der Waals surface area (Å²) in [6, 6.07) is 7.53. The van der Waals surface area contributed by atoms with Crippen molar-refractivity contribution >= 4 is 0 Å². The van der Waals surface area contributed by atoms with Gasteiger partial charge in [-0.15, -0.1) is 0 Å². The van der Waals surface area contributed by atoms with E-state index in [2.05, 4.69) is 17.6 Å². The number of benzene rings is 1. The summed E-state index contributed by atoms with van der Waals surface area (Å²) in [4.78, 5) is 0. The molecule has 0 aromatic heterocycles. The average molecular weight is 262 g/mol. The number of hydrogen-bond acceptors (Lipinski definition) is 2. The van der Waals surface area contributed by atoms with Crippen molar-refractivity contribution in [1.82, 2.24) is 0 Å². The second-order valence-electron chi connectivity index (χ2n) is 4.77. The molecule has 0 radical (unpaired) electrons. The number of quaternary nitrogens is 1. The molecule has 0 bridgehead atoms. The van der Waals surface area contributed by atoms with E-state index in [1.807, 2.05) is 38.1 Å². The largest absolute Gasteiger partial charge is 0.388 e. The highest BCUT2D eigenvalue weighted by Gasteiger charge is 2.18. The van der Waals surface area contributed by atoms with Crippen LogP contribution in [0, 0.1) is 11.8 Å². The van der Waals surface area contributed by atoms with Crippen LogP contribution in [0.3, 0.4) is 0 Å². The van der Waals surface area contributed by atoms with Crippen LogP contribution in [0.2, 0.25) is 0 Å². The molecule has 0 saturated carbocycles. The van der Waals surface area contributed by atoms with Crippen molar-refractivity contribution in [2.75, 3.05) is 6.54 Å². The molecule has 1 atom stereocenters. The van der Waals surface area contributed by atoms with Crippen molar-refractivity contribution in [2.24, 2.45) is 0 Å². The summed E-state index contributed by atoms with van der Waals surface area (Å²) in [6.07, 6.45) is 1.38. The first-order valence-electron chi connectivity index (χ1n) is 6.87. The van der Waals surface area contributed by atoms with E-state index in [0.29, 0.717) is 25.8 Å². The molecule has 19 heavy (non-hydrogen) atoms. The predicted molar refractivity (Wildman–Crippen MR) is 76.2 cm³/mol. The van der Waals surface area contributed by atoms with E-state index in [1.165, 1.54) is 0 Å². The number of aliphatic hydroxyl groups is 2. The van der Waals surface area contributed by atoms with Crippen molar-refractivity contribution in [2.45, 2.75) is 44.8 Å². The Hall–Kier alpha value is -1.34. The van der Waals surface area contributed by atoms with E-state index in [9.17, 15) is 10.2 Å². The summed E-state index contributed by atoms with van der Waals surface area (Å²) in [6.45, 7) is 4.54. The first-order valence-corrected chi connectivity index (χ1v) is 6.87. The van der Waals surface area contributed by atoms with Crippen LogP contribution in [-0.2, 0) is 0 Å². The molecule has 104 valence electrons. The van der Waals surface area contributed by atoms with Crippen molar-refractivity contribution in [3.63, 3.8) is 0 Å². The first-order chi connectivity index (χ1) is 9.04. The predicted octanol–water partition coefficient (Wildman–Crippen LogP) is 1.25. The Labute approximate surface area is 115 Å². The summed E-state index contributed by atoms with van der Waals surface area (Å²) in [5.74, 6) is 5.92. The first kappa shape index (κ1) is 15.7. The third kappa shape index (κ3) is 4.68. The van der Waals surface area contributed by atoms with Gasteiger partial charge in [-0.25, -0.2) is 0 Å². The van der Waals surface area contributed by atoms with Crippen LogP contribution >= 0.6 is 0 Å². The zero-order chi connectivity index (χ0) is 14.3. The smallest absolute Gasteiger partial charge is 0.125 e. The Bertz CT molecular complexity index is 455. The molecule has 0 amide bonds. The van der Waals surface area contributed by atoms with Crippen LogP contribution in [-0.4, -0.2) is 22.4 Å². The molecule has 3 heteroatoms. The van der Waals surface area contributed by atoms with Gasteiger partial charge in [0, 0.05) is 12.0 Å². The fourth-order valence-electron chi connectivity index (χ4n) is 1.80. The summed E-state index contributed by atoms with van der Waals surface area (Å²) in [5.41, 5.74) is 4.50. The van der Waals surface area contributed by atoms with E-state index in [0.717, 1.165) is 11.1 Å². The van der Waals surface area contributed by atoms with Crippen molar-refractivity contribution in [1.29, 1.82) is 0 Å². The van der Waals surface area contributed by atoms with Gasteiger partial charge in [0.1, 0.15) is 5.60 Å². The average Bonchev–Trinajstić information content (AvgIpc) is 2.45. The highest BCUT2D eigenvalue weighted by molar-refractivity contribution is 5.39. The molecule has 0 heterocycles. The number of rotatable bonds is 5. The third-order valence-corrected chi connectivity index (χ3v) is 3.36. The summed E-state index contributed by atoms with van der Waals surface area (Å²) < 4.78 is 0. The minimum Gasteiger partial charge on any atom is -0.388 e. The molecule has 0 spiro atoms. The van der Waals surface area contributed by atoms with Crippen molar-refractivity contribution in [3.05, 3.63) is 35.4 Å². The molecule has 5 N–H and O–H groups in total. The zero-order valence-corrected chi connectivity index (χ0v) is 11.8. The van der Waals surface area contributed by atoms with Gasteiger partial charge in [0.05, 0.1) is 12.6 Å². The fraction of sp³-hybridized carbons (Fsp3) is 0.500. The lowest BCUT2D eigenvalue weighted by Crippen LogP contribution is -2.50. The van der Waals surface area contributed by atoms with Gasteiger partial charge < -0.3 is 15.9 Å². The monoisotopic (exact) mass is 262 g/mol. The molecule has 0 fully saturated rings. The Morgan fingerprint density at radius 1 is 1.32 bits per heavy atom. The van der Waals surface area contributed by atoms with E-state index < -0.39 is 11.7 Å². The summed E-state index contributed by atoms with van der Waals surface area (Å²) in [7, 11) is 0. The maximum absolute atomic E-state index is 10.1. The van der Waals surface area contributed by atoms with Crippen LogP contribution in [0.25, 0.3) is 0 Å². The van der Waals surface area contributed by atoms with Gasteiger partial charge in [-0.05, 0) is 30.5 Å². The van der Waals surface area contributed by atoms with Crippen LogP contribution < -0.4 is 5.73 Å². The lowest BCUT2D eigenvalue weighted by molar-refractivity contribution is -0.371. The van der Waals surface area contributed by atoms with Crippen LogP contribution in [0.15, 0.2) is 24.3 Å². The van der Waals surface area contributed by atoms with Gasteiger partial charge in [-0.2, -0.15) is 0 Å². The molecule has 0 aliphatic rings. The highest BCUT2D eigenvalue weighted by atomic mass is 16.3. The minimum atomic E-state index is -0.915. The molecular formula is C16H24NO2+. The standard InChI is InChI=1S/C16H23NO2/c1-3-16(19,4-2)10-8-13-6-5-7-14(12-13)15(18)9-11-17/h5-7,12,15,18-19H,3-4,9,11,17H2,1-2H3/p+1. The van der Waals surface area contributed by atoms with Gasteiger partial charge in [-0.3, -0.25) is 0 Å². The second kappa shape index (κ2) is 7.30. The van der Waals surface area contributed by atoms with Gasteiger partial charge in [0.15, 0.2) is 0 Å². The topological polar surface area (TPSA) is 68.1 Å². The molecule has 1 rings (SSSR count). The Balaban J connectivity index is 2.92. The minimum absolute atomic E-state index is 0.490. The molecule has 0 saturated heterocycles. The highest BCUT2D eigenvalue weighted by Crippen LogP contribution is 2.17. The molecule has 1 aromatic carbocycles. The Kier molecular flexibility index (Phi) is 6.04. The molecule has 1 aromatic rings. The summed E-state index contributed by atoms with van der Waals surface area (Å²) >= 11 is 0. The maximum atomic E-state index is 10.1. The van der Waals surface area contributed by atoms with Crippen molar-refractivity contribution in [3.8, 4) is 11.8 Å². The second-order valence-corrected chi connectivity index (χ2v) is 4.77. The van der Waals surface area contributed by atoms with Crippen LogP contribution in [0.4, 0.5) is 0 Å². The molecule has 1 unspecified atom stereocenters. The van der Waals surface area contributed by atoms with Crippen molar-refractivity contribution < 1.29 is 15.9 Å². The maximum Gasteiger partial charge on any atom is 0.125 e. The molecular weight excluding hydrogens is 238 g/mol.